The summed E-state index contributed by atoms with van der Waals surface area (Å²) in [6, 6.07) is 0. The Balaban J connectivity index is 0.805. The Morgan fingerprint density at radius 1 is 0.647 bits per heavy atom. The van der Waals surface area contributed by atoms with Crippen LogP contribution >= 0.6 is 39.4 Å². The molecule has 6 aromatic heterocycles. The average Bonchev–Trinajstić information content (AvgIpc) is 1.59. The molecule has 0 aromatic carbocycles. The second-order valence-electron chi connectivity index (χ2n) is 25.7. The van der Waals surface area contributed by atoms with Crippen LogP contribution in [0.25, 0.3) is 33.5 Å². The van der Waals surface area contributed by atoms with E-state index < -0.39 is 146 Å². The van der Waals surface area contributed by atoms with Crippen LogP contribution in [-0.2, 0) is 97.6 Å². The number of esters is 1. The molecule has 4 aliphatic heterocycles. The number of fused-ring (bicyclic) bond motifs is 4. The predicted molar refractivity (Wildman–Crippen MR) is 376 cm³/mol. The number of carbonyl (C=O) groups is 1. The number of aliphatic hydroxyl groups excluding tert-OH is 2. The summed E-state index contributed by atoms with van der Waals surface area (Å²) in [7, 11) is -3.50. The number of phosphoric ester groups is 1. The molecule has 0 bridgehead atoms. The van der Waals surface area contributed by atoms with Gasteiger partial charge in [0.25, 0.3) is 0 Å². The molecule has 0 amide bonds. The van der Waals surface area contributed by atoms with E-state index >= 15 is 0 Å². The van der Waals surface area contributed by atoms with Crippen LogP contribution in [-0.4, -0.2) is 208 Å². The summed E-state index contributed by atoms with van der Waals surface area (Å²) in [6.45, 7) is -11.3. The van der Waals surface area contributed by atoms with Crippen LogP contribution in [0.4, 0.5) is 17.5 Å². The van der Waals surface area contributed by atoms with Crippen LogP contribution in [0.3, 0.4) is 0 Å². The molecule has 10 rings (SSSR count). The van der Waals surface area contributed by atoms with Gasteiger partial charge in [-0.25, -0.2) is 54.0 Å². The van der Waals surface area contributed by atoms with Gasteiger partial charge in [0, 0.05) is 19.5 Å². The molecular weight excluding hydrogens is 1480 g/mol. The fourth-order valence-electron chi connectivity index (χ4n) is 12.8. The molecule has 37 nitrogen and oxygen atoms in total. The van der Waals surface area contributed by atoms with Crippen molar-refractivity contribution in [1.82, 2.24) is 58.6 Å². The lowest BCUT2D eigenvalue weighted by Gasteiger charge is -2.39. The molecule has 10 unspecified atom stereocenters. The van der Waals surface area contributed by atoms with Crippen molar-refractivity contribution in [1.29, 1.82) is 0 Å². The van der Waals surface area contributed by atoms with Gasteiger partial charge < -0.3 is 84.5 Å². The molecule has 6 aromatic rings. The summed E-state index contributed by atoms with van der Waals surface area (Å²) < 4.78 is 109. The normalized spacial score (nSPS) is 27.1. The first kappa shape index (κ1) is 80.5. The summed E-state index contributed by atoms with van der Waals surface area (Å²) in [4.78, 5) is 97.6. The van der Waals surface area contributed by atoms with E-state index in [-0.39, 0.29) is 76.3 Å². The molecule has 102 heavy (non-hydrogen) atoms. The van der Waals surface area contributed by atoms with Gasteiger partial charge in [0.2, 0.25) is 0 Å². The first-order valence-corrected chi connectivity index (χ1v) is 43.5. The minimum atomic E-state index is -4.76. The summed E-state index contributed by atoms with van der Waals surface area (Å²) in [6.07, 6.45) is 9.70. The number of carbonyl (C=O) groups excluding carboxylic acids is 1. The van der Waals surface area contributed by atoms with Crippen LogP contribution in [0.5, 0.6) is 0 Å². The fraction of sp³-hybridized carbons (Fsp3) is 0.724. The lowest BCUT2D eigenvalue weighted by Crippen LogP contribution is -2.51. The third-order valence-corrected chi connectivity index (χ3v) is 25.1. The molecule has 44 heteroatoms. The van der Waals surface area contributed by atoms with E-state index in [0.717, 1.165) is 38.3 Å². The first-order valence-electron chi connectivity index (χ1n) is 33.7. The topological polar surface area (TPSA) is 501 Å². The minimum Gasteiger partial charge on any atom is -0.464 e. The van der Waals surface area contributed by atoms with Gasteiger partial charge in [-0.15, -0.1) is 0 Å². The van der Waals surface area contributed by atoms with Crippen LogP contribution in [0.1, 0.15) is 149 Å². The van der Waals surface area contributed by atoms with Crippen molar-refractivity contribution in [3.05, 3.63) is 38.0 Å². The largest absolute Gasteiger partial charge is 0.472 e. The third kappa shape index (κ3) is 20.0. The average molecular weight is 1570 g/mol. The number of hydrogen-bond acceptors (Lipinski definition) is 33. The van der Waals surface area contributed by atoms with Gasteiger partial charge >= 0.3 is 34.0 Å². The third-order valence-electron chi connectivity index (χ3n) is 18.0. The Kier molecular flexibility index (Phi) is 28.2. The number of ether oxygens (including phenoxy) is 6. The summed E-state index contributed by atoms with van der Waals surface area (Å²) in [5, 5.41) is 21.5. The monoisotopic (exact) mass is 1570 g/mol. The van der Waals surface area contributed by atoms with Crippen molar-refractivity contribution in [3.63, 3.8) is 0 Å². The Hall–Kier alpha value is -4.09. The van der Waals surface area contributed by atoms with E-state index in [4.69, 9.17) is 101 Å². The van der Waals surface area contributed by atoms with Gasteiger partial charge in [0.15, 0.2) is 53.1 Å². The molecule has 0 spiro atoms. The van der Waals surface area contributed by atoms with Crippen LogP contribution in [0, 0.1) is 5.41 Å². The van der Waals surface area contributed by atoms with Crippen molar-refractivity contribution in [2.24, 2.45) is 5.41 Å². The lowest BCUT2D eigenvalue weighted by molar-refractivity contribution is -0.164. The number of nitrogen functional groups attached to an aromatic ring is 3. The molecule has 4 saturated heterocycles. The number of rotatable bonds is 42. The Morgan fingerprint density at radius 3 is 1.70 bits per heavy atom. The standard InChI is InChI=1S/C58H91N15O22P4S3/c1-5-6-7-8-9-10-11-12-13-14-15-16-17-18-20-57(2,3)56(76)85-25-26-102-97(79,80)93-45-46-58(21-19-23-84-46,92-55(45)73-35-70-40-49(61)64-32-67-52(40)73)29-89-99(82,101)94-43-41(75)36(90-53(43)71-33-68-38-47(59)62-30-65-50(38)71)27-88-98(81,100)95-44-42(83-4)37(28-87-96(77,78)86-24-22-74)91-54(44)72-34-69-39-48(60)63-31-66-51(39)72/h30-37,41-46,53-55,74-75H,5-29H2,1-4H3,(H,77,78)(H,79,80)(H,81,100)(H,82,101)(H2,59,62,65)(H2,60,63,66)(H2,61,64,67)/t36-,37-,41?,42?,43?,44?,45?,46?,53-,54-,55-,58-,98?,99?/m1/s1. The van der Waals surface area contributed by atoms with Crippen molar-refractivity contribution in [2.45, 2.75) is 203 Å². The highest BCUT2D eigenvalue weighted by Gasteiger charge is 2.61. The van der Waals surface area contributed by atoms with Crippen molar-refractivity contribution < 1.29 is 104 Å². The van der Waals surface area contributed by atoms with Gasteiger partial charge in [0.1, 0.15) is 96.6 Å². The van der Waals surface area contributed by atoms with Crippen LogP contribution < -0.4 is 17.2 Å². The highest BCUT2D eigenvalue weighted by molar-refractivity contribution is 8.54. The Labute approximate surface area is 602 Å². The van der Waals surface area contributed by atoms with Gasteiger partial charge in [-0.05, 0) is 68.1 Å². The number of nitrogens with zero attached hydrogens (tertiary/aromatic N) is 12. The zero-order chi connectivity index (χ0) is 73.0. The maximum Gasteiger partial charge on any atom is 0.472 e. The number of phosphoric acid groups is 1. The summed E-state index contributed by atoms with van der Waals surface area (Å²) >= 11 is 11.8. The Morgan fingerprint density at radius 2 is 1.15 bits per heavy atom. The smallest absolute Gasteiger partial charge is 0.464 e. The molecule has 10 heterocycles. The number of aliphatic hydroxyl groups is 2. The molecule has 16 atom stereocenters. The molecule has 0 radical (unpaired) electrons. The zero-order valence-electron chi connectivity index (χ0n) is 56.8. The number of unbranched alkanes of at least 4 members (excludes halogenated alkanes) is 13. The van der Waals surface area contributed by atoms with Gasteiger partial charge in [-0.3, -0.25) is 41.1 Å². The quantitative estimate of drug-likeness (QED) is 0.0107. The number of methoxy groups -OCH3 is 1. The number of imidazole rings is 3. The molecular formula is C58H91N15O22P4S3. The van der Waals surface area contributed by atoms with Crippen LogP contribution in [0.15, 0.2) is 38.0 Å². The van der Waals surface area contributed by atoms with Gasteiger partial charge in [0.05, 0.1) is 57.4 Å². The molecule has 4 fully saturated rings. The van der Waals surface area contributed by atoms with Crippen molar-refractivity contribution in [3.8, 4) is 0 Å². The molecule has 0 aliphatic carbocycles. The fourth-order valence-corrected chi connectivity index (χ4v) is 18.7. The highest BCUT2D eigenvalue weighted by atomic mass is 32.7. The molecule has 0 saturated carbocycles. The SMILES string of the molecule is CCCCCCCCCCCCCCCCC(C)(C)C(=O)OCCSP(=O)(O)OC1C2OCCC[C@]2(COP(O)(=S)OC2C(O)[C@@H](COP(O)(=S)OC3C(OC)[C@@H](COP(=O)(O)OCCO)O[C@H]3n3cnc4c(N)ncnc43)O[C@H]2n2cnc3c(N)ncnc32)O[C@H]1n1cnc2c(N)ncnc21. The first-order chi connectivity index (χ1) is 48.7. The summed E-state index contributed by atoms with van der Waals surface area (Å²) in [5.41, 5.74) is 16.9. The van der Waals surface area contributed by atoms with E-state index in [9.17, 15) is 43.7 Å². The second-order valence-corrected chi connectivity index (χ2v) is 36.8. The number of anilines is 3. The molecule has 568 valence electrons. The van der Waals surface area contributed by atoms with E-state index in [1.54, 1.807) is 0 Å². The predicted octanol–water partition coefficient (Wildman–Crippen LogP) is 6.89. The second kappa shape index (κ2) is 35.8. The van der Waals surface area contributed by atoms with E-state index in [1.165, 1.54) is 110 Å². The van der Waals surface area contributed by atoms with Crippen molar-refractivity contribution in [2.75, 3.05) is 76.3 Å². The maximum absolute atomic E-state index is 14.3. The maximum atomic E-state index is 14.3. The van der Waals surface area contributed by atoms with Gasteiger partial charge in [-0.2, -0.15) is 0 Å². The van der Waals surface area contributed by atoms with Gasteiger partial charge in [-0.1, -0.05) is 96.8 Å². The van der Waals surface area contributed by atoms with E-state index in [0.29, 0.717) is 24.2 Å². The van der Waals surface area contributed by atoms with E-state index in [2.05, 4.69) is 51.8 Å². The summed E-state index contributed by atoms with van der Waals surface area (Å²) in [5.74, 6) is -0.544. The van der Waals surface area contributed by atoms with E-state index in [1.807, 2.05) is 13.8 Å². The van der Waals surface area contributed by atoms with Crippen molar-refractivity contribution >= 4 is 120 Å². The lowest BCUT2D eigenvalue weighted by atomic mass is 9.87. The van der Waals surface area contributed by atoms with Crippen LogP contribution in [0.2, 0.25) is 0 Å². The number of hydrogen-bond donors (Lipinski definition) is 9. The molecule has 4 aliphatic rings. The zero-order valence-corrected chi connectivity index (χ0v) is 62.8. The highest BCUT2D eigenvalue weighted by Crippen LogP contribution is 2.62. The number of nitrogens with two attached hydrogens (primary N) is 3. The Bertz CT molecular complexity index is 3970. The molecule has 12 N–H and O–H groups in total. The minimum absolute atomic E-state index is 0.00470. The number of aromatic nitrogens is 12.